The number of nitrogens with zero attached hydrogens (tertiary/aromatic N) is 1. The fourth-order valence-corrected chi connectivity index (χ4v) is 4.38. The molecule has 0 aliphatic carbocycles. The molecule has 2 heterocycles. The van der Waals surface area contributed by atoms with Gasteiger partial charge >= 0.3 is 0 Å². The van der Waals surface area contributed by atoms with Crippen LogP contribution in [0, 0.1) is 0 Å². The molecule has 86 valence electrons. The lowest BCUT2D eigenvalue weighted by atomic mass is 10.3. The highest BCUT2D eigenvalue weighted by Crippen LogP contribution is 2.34. The molecule has 6 heteroatoms. The standard InChI is InChI=1S/C10H10ClNO2S2/c1-6(2)16(13,14)8-5-7-3-4-12-10(11)9(7)15-8/h3-6H,1-2H3. The molecule has 0 aliphatic rings. The molecular formula is C10H10ClNO2S2. The molecule has 0 saturated carbocycles. The van der Waals surface area contributed by atoms with Crippen LogP contribution in [-0.4, -0.2) is 18.7 Å². The second kappa shape index (κ2) is 3.98. The molecule has 0 aliphatic heterocycles. The van der Waals surface area contributed by atoms with Gasteiger partial charge in [0.2, 0.25) is 0 Å². The maximum atomic E-state index is 12.0. The zero-order valence-corrected chi connectivity index (χ0v) is 11.2. The van der Waals surface area contributed by atoms with E-state index in [-0.39, 0.29) is 0 Å². The molecule has 2 aromatic heterocycles. The summed E-state index contributed by atoms with van der Waals surface area (Å²) in [5.41, 5.74) is 0. The van der Waals surface area contributed by atoms with E-state index in [1.54, 1.807) is 32.2 Å². The molecule has 0 saturated heterocycles. The smallest absolute Gasteiger partial charge is 0.190 e. The molecule has 0 spiro atoms. The minimum absolute atomic E-state index is 0.354. The Hall–Kier alpha value is -0.650. The van der Waals surface area contributed by atoms with Crippen molar-refractivity contribution < 1.29 is 8.42 Å². The normalized spacial score (nSPS) is 12.5. The molecule has 0 amide bonds. The quantitative estimate of drug-likeness (QED) is 0.791. The van der Waals surface area contributed by atoms with Crippen molar-refractivity contribution in [3.8, 4) is 0 Å². The number of sulfone groups is 1. The van der Waals surface area contributed by atoms with Crippen molar-refractivity contribution >= 4 is 42.9 Å². The Morgan fingerprint density at radius 3 is 2.69 bits per heavy atom. The molecule has 3 nitrogen and oxygen atoms in total. The van der Waals surface area contributed by atoms with Crippen LogP contribution in [0.3, 0.4) is 0 Å². The fraction of sp³-hybridized carbons (Fsp3) is 0.300. The Balaban J connectivity index is 2.70. The van der Waals surface area contributed by atoms with Gasteiger partial charge in [-0.25, -0.2) is 13.4 Å². The van der Waals surface area contributed by atoms with E-state index in [0.717, 1.165) is 10.1 Å². The molecular weight excluding hydrogens is 266 g/mol. The van der Waals surface area contributed by atoms with Crippen LogP contribution < -0.4 is 0 Å². The third-order valence-electron chi connectivity index (χ3n) is 2.27. The van der Waals surface area contributed by atoms with Gasteiger partial charge in [0.05, 0.1) is 9.95 Å². The van der Waals surface area contributed by atoms with Gasteiger partial charge in [-0.15, -0.1) is 11.3 Å². The van der Waals surface area contributed by atoms with Gasteiger partial charge in [-0.3, -0.25) is 0 Å². The zero-order chi connectivity index (χ0) is 11.9. The third-order valence-corrected chi connectivity index (χ3v) is 6.49. The number of halogens is 1. The summed E-state index contributed by atoms with van der Waals surface area (Å²) in [5.74, 6) is 0. The molecule has 2 aromatic rings. The Morgan fingerprint density at radius 2 is 2.12 bits per heavy atom. The maximum Gasteiger partial charge on any atom is 0.190 e. The summed E-state index contributed by atoms with van der Waals surface area (Å²) in [6.07, 6.45) is 1.57. The third kappa shape index (κ3) is 1.83. The van der Waals surface area contributed by atoms with Crippen molar-refractivity contribution in [2.45, 2.75) is 23.3 Å². The first-order valence-electron chi connectivity index (χ1n) is 4.71. The minimum Gasteiger partial charge on any atom is -0.243 e. The minimum atomic E-state index is -3.22. The molecule has 0 atom stereocenters. The summed E-state index contributed by atoms with van der Waals surface area (Å²) >= 11 is 7.08. The maximum absolute atomic E-state index is 12.0. The Bertz CT molecular complexity index is 631. The fourth-order valence-electron chi connectivity index (χ4n) is 1.28. The first kappa shape index (κ1) is 11.8. The SMILES string of the molecule is CC(C)S(=O)(=O)c1cc2ccnc(Cl)c2s1. The van der Waals surface area contributed by atoms with Crippen LogP contribution >= 0.6 is 22.9 Å². The average molecular weight is 276 g/mol. The van der Waals surface area contributed by atoms with E-state index in [4.69, 9.17) is 11.6 Å². The van der Waals surface area contributed by atoms with Crippen LogP contribution in [0.5, 0.6) is 0 Å². The van der Waals surface area contributed by atoms with Gasteiger partial charge in [-0.1, -0.05) is 11.6 Å². The van der Waals surface area contributed by atoms with E-state index in [1.165, 1.54) is 11.3 Å². The highest BCUT2D eigenvalue weighted by Gasteiger charge is 2.22. The highest BCUT2D eigenvalue weighted by atomic mass is 35.5. The first-order chi connectivity index (χ1) is 7.43. The van der Waals surface area contributed by atoms with Crippen molar-refractivity contribution in [3.05, 3.63) is 23.5 Å². The van der Waals surface area contributed by atoms with Gasteiger partial charge in [0.15, 0.2) is 9.84 Å². The highest BCUT2D eigenvalue weighted by molar-refractivity contribution is 7.94. The van der Waals surface area contributed by atoms with Crippen molar-refractivity contribution in [3.63, 3.8) is 0 Å². The summed E-state index contributed by atoms with van der Waals surface area (Å²) in [5, 5.41) is 0.754. The average Bonchev–Trinajstić information content (AvgIpc) is 2.63. The van der Waals surface area contributed by atoms with Crippen molar-refractivity contribution in [2.75, 3.05) is 0 Å². The lowest BCUT2D eigenvalue weighted by molar-refractivity contribution is 0.589. The Kier molecular flexibility index (Phi) is 2.94. The summed E-state index contributed by atoms with van der Waals surface area (Å²) in [6.45, 7) is 3.33. The van der Waals surface area contributed by atoms with Crippen molar-refractivity contribution in [2.24, 2.45) is 0 Å². The number of aromatic nitrogens is 1. The number of hydrogen-bond acceptors (Lipinski definition) is 4. The lowest BCUT2D eigenvalue weighted by Crippen LogP contribution is -2.12. The monoisotopic (exact) mass is 275 g/mol. The van der Waals surface area contributed by atoms with E-state index in [1.807, 2.05) is 0 Å². The van der Waals surface area contributed by atoms with Gasteiger partial charge in [0.1, 0.15) is 9.36 Å². The summed E-state index contributed by atoms with van der Waals surface area (Å²) < 4.78 is 25.0. The largest absolute Gasteiger partial charge is 0.243 e. The number of thiophene rings is 1. The molecule has 0 bridgehead atoms. The number of hydrogen-bond donors (Lipinski definition) is 0. The van der Waals surface area contributed by atoms with E-state index in [9.17, 15) is 8.42 Å². The van der Waals surface area contributed by atoms with E-state index in [2.05, 4.69) is 4.98 Å². The molecule has 0 fully saturated rings. The molecule has 0 N–H and O–H groups in total. The molecule has 0 aromatic carbocycles. The van der Waals surface area contributed by atoms with Gasteiger partial charge in [0, 0.05) is 6.20 Å². The number of rotatable bonds is 2. The molecule has 2 rings (SSSR count). The second-order valence-corrected chi connectivity index (χ2v) is 7.82. The van der Waals surface area contributed by atoms with Gasteiger partial charge in [0.25, 0.3) is 0 Å². The van der Waals surface area contributed by atoms with Crippen LogP contribution in [-0.2, 0) is 9.84 Å². The lowest BCUT2D eigenvalue weighted by Gasteiger charge is -2.03. The van der Waals surface area contributed by atoms with E-state index < -0.39 is 15.1 Å². The molecule has 0 unspecified atom stereocenters. The Labute approximate surface area is 103 Å². The Morgan fingerprint density at radius 1 is 1.44 bits per heavy atom. The van der Waals surface area contributed by atoms with Gasteiger partial charge in [-0.2, -0.15) is 0 Å². The summed E-state index contributed by atoms with van der Waals surface area (Å²) in [6, 6.07) is 3.42. The van der Waals surface area contributed by atoms with Crippen LogP contribution in [0.2, 0.25) is 5.15 Å². The predicted molar refractivity (Wildman–Crippen MR) is 67.0 cm³/mol. The van der Waals surface area contributed by atoms with Crippen molar-refractivity contribution in [1.82, 2.24) is 4.98 Å². The van der Waals surface area contributed by atoms with E-state index in [0.29, 0.717) is 9.36 Å². The van der Waals surface area contributed by atoms with Gasteiger partial charge < -0.3 is 0 Å². The first-order valence-corrected chi connectivity index (χ1v) is 7.45. The number of pyridine rings is 1. The van der Waals surface area contributed by atoms with Gasteiger partial charge in [-0.05, 0) is 31.4 Å². The molecule has 0 radical (unpaired) electrons. The molecule has 16 heavy (non-hydrogen) atoms. The number of fused-ring (bicyclic) bond motifs is 1. The van der Waals surface area contributed by atoms with Crippen LogP contribution in [0.4, 0.5) is 0 Å². The summed E-state index contributed by atoms with van der Waals surface area (Å²) in [4.78, 5) is 3.93. The second-order valence-electron chi connectivity index (χ2n) is 3.68. The topological polar surface area (TPSA) is 47.0 Å². The zero-order valence-electron chi connectivity index (χ0n) is 8.77. The van der Waals surface area contributed by atoms with Crippen molar-refractivity contribution in [1.29, 1.82) is 0 Å². The van der Waals surface area contributed by atoms with Crippen LogP contribution in [0.15, 0.2) is 22.5 Å². The predicted octanol–water partition coefficient (Wildman–Crippen LogP) is 3.13. The van der Waals surface area contributed by atoms with Crippen LogP contribution in [0.25, 0.3) is 10.1 Å². The van der Waals surface area contributed by atoms with E-state index >= 15 is 0 Å². The van der Waals surface area contributed by atoms with Crippen LogP contribution in [0.1, 0.15) is 13.8 Å². The summed E-state index contributed by atoms with van der Waals surface area (Å²) in [7, 11) is -3.22.